The molecule has 0 aliphatic rings. The zero-order chi connectivity index (χ0) is 16.5. The topological polar surface area (TPSA) is 37.4 Å². The summed E-state index contributed by atoms with van der Waals surface area (Å²) in [6, 6.07) is 7.36. The first-order chi connectivity index (χ1) is 10.2. The second kappa shape index (κ2) is 6.10. The molecule has 22 heavy (non-hydrogen) atoms. The van der Waals surface area contributed by atoms with Gasteiger partial charge < -0.3 is 0 Å². The molecule has 1 atom stereocenters. The van der Waals surface area contributed by atoms with E-state index in [9.17, 15) is 21.6 Å². The van der Waals surface area contributed by atoms with Crippen molar-refractivity contribution in [3.05, 3.63) is 65.5 Å². The summed E-state index contributed by atoms with van der Waals surface area (Å²) in [5.41, 5.74) is 0.504. The number of halogens is 3. The van der Waals surface area contributed by atoms with Crippen LogP contribution in [0, 0.1) is 17.5 Å². The van der Waals surface area contributed by atoms with E-state index in [4.69, 9.17) is 0 Å². The van der Waals surface area contributed by atoms with E-state index >= 15 is 0 Å². The standard InChI is InChI=1S/C15H14F3NO2S/c1-10(11-6-8-12(16)9-7-11)19(2)22(20,21)15-13(17)4-3-5-14(15)18/h3-10H,1-2H3. The second-order valence-electron chi connectivity index (χ2n) is 4.80. The molecule has 0 heterocycles. The minimum atomic E-state index is -4.37. The van der Waals surface area contributed by atoms with E-state index < -0.39 is 38.4 Å². The molecule has 2 aromatic rings. The first-order valence-electron chi connectivity index (χ1n) is 6.42. The summed E-state index contributed by atoms with van der Waals surface area (Å²) in [6.45, 7) is 1.55. The molecule has 0 radical (unpaired) electrons. The number of benzene rings is 2. The molecule has 0 aliphatic carbocycles. The van der Waals surface area contributed by atoms with Crippen molar-refractivity contribution in [1.29, 1.82) is 0 Å². The monoisotopic (exact) mass is 329 g/mol. The summed E-state index contributed by atoms with van der Waals surface area (Å²) < 4.78 is 66.1. The van der Waals surface area contributed by atoms with Gasteiger partial charge in [-0.15, -0.1) is 0 Å². The Hall–Kier alpha value is -1.86. The zero-order valence-electron chi connectivity index (χ0n) is 11.9. The molecule has 7 heteroatoms. The molecule has 0 bridgehead atoms. The summed E-state index contributed by atoms with van der Waals surface area (Å²) in [6.07, 6.45) is 0. The highest BCUT2D eigenvalue weighted by Crippen LogP contribution is 2.28. The van der Waals surface area contributed by atoms with Crippen LogP contribution in [0.4, 0.5) is 13.2 Å². The van der Waals surface area contributed by atoms with E-state index in [1.807, 2.05) is 0 Å². The normalized spacial score (nSPS) is 13.4. The number of hydrogen-bond acceptors (Lipinski definition) is 2. The highest BCUT2D eigenvalue weighted by Gasteiger charge is 2.31. The van der Waals surface area contributed by atoms with Gasteiger partial charge in [0.25, 0.3) is 0 Å². The third kappa shape index (κ3) is 3.00. The van der Waals surface area contributed by atoms with Gasteiger partial charge >= 0.3 is 0 Å². The number of rotatable bonds is 4. The summed E-state index contributed by atoms with van der Waals surface area (Å²) in [5.74, 6) is -2.77. The lowest BCUT2D eigenvalue weighted by molar-refractivity contribution is 0.390. The van der Waals surface area contributed by atoms with Gasteiger partial charge in [0.05, 0.1) is 0 Å². The molecule has 118 valence electrons. The van der Waals surface area contributed by atoms with Gasteiger partial charge in [0.15, 0.2) is 4.90 Å². The van der Waals surface area contributed by atoms with Gasteiger partial charge in [0.2, 0.25) is 10.0 Å². The highest BCUT2D eigenvalue weighted by molar-refractivity contribution is 7.89. The fourth-order valence-corrected chi connectivity index (χ4v) is 3.49. The van der Waals surface area contributed by atoms with Crippen molar-refractivity contribution in [2.45, 2.75) is 17.9 Å². The molecule has 1 unspecified atom stereocenters. The number of sulfonamides is 1. The minimum absolute atomic E-state index is 0.457. The summed E-state index contributed by atoms with van der Waals surface area (Å²) >= 11 is 0. The van der Waals surface area contributed by atoms with E-state index in [0.29, 0.717) is 5.56 Å². The Morgan fingerprint density at radius 1 is 0.955 bits per heavy atom. The molecule has 3 nitrogen and oxygen atoms in total. The van der Waals surface area contributed by atoms with Crippen LogP contribution >= 0.6 is 0 Å². The molecule has 0 saturated carbocycles. The molecule has 0 spiro atoms. The Morgan fingerprint density at radius 2 is 1.45 bits per heavy atom. The maximum atomic E-state index is 13.7. The van der Waals surface area contributed by atoms with E-state index in [1.54, 1.807) is 6.92 Å². The smallest absolute Gasteiger partial charge is 0.207 e. The van der Waals surface area contributed by atoms with Gasteiger partial charge in [-0.2, -0.15) is 4.31 Å². The average Bonchev–Trinajstić information content (AvgIpc) is 2.46. The maximum absolute atomic E-state index is 13.7. The van der Waals surface area contributed by atoms with Crippen LogP contribution in [-0.2, 0) is 10.0 Å². The molecule has 0 N–H and O–H groups in total. The van der Waals surface area contributed by atoms with Crippen LogP contribution in [0.2, 0.25) is 0 Å². The molecular formula is C15H14F3NO2S. The minimum Gasteiger partial charge on any atom is -0.207 e. The van der Waals surface area contributed by atoms with Crippen molar-refractivity contribution in [3.8, 4) is 0 Å². The quantitative estimate of drug-likeness (QED) is 0.861. The Kier molecular flexibility index (Phi) is 4.58. The Labute approximate surface area is 127 Å². The van der Waals surface area contributed by atoms with Crippen LogP contribution in [0.3, 0.4) is 0 Å². The van der Waals surface area contributed by atoms with Crippen molar-refractivity contribution < 1.29 is 21.6 Å². The van der Waals surface area contributed by atoms with E-state index in [-0.39, 0.29) is 0 Å². The molecule has 2 rings (SSSR count). The van der Waals surface area contributed by atoms with Crippen molar-refractivity contribution in [2.75, 3.05) is 7.05 Å². The lowest BCUT2D eigenvalue weighted by Crippen LogP contribution is -2.31. The molecule has 0 aromatic heterocycles. The summed E-state index contributed by atoms with van der Waals surface area (Å²) in [4.78, 5) is -0.994. The fraction of sp³-hybridized carbons (Fsp3) is 0.200. The van der Waals surface area contributed by atoms with Crippen LogP contribution in [-0.4, -0.2) is 19.8 Å². The van der Waals surface area contributed by atoms with Gasteiger partial charge in [-0.3, -0.25) is 0 Å². The first kappa shape index (κ1) is 16.5. The van der Waals surface area contributed by atoms with Gasteiger partial charge in [-0.05, 0) is 36.8 Å². The third-order valence-corrected chi connectivity index (χ3v) is 5.43. The van der Waals surface area contributed by atoms with Crippen LogP contribution < -0.4 is 0 Å². The average molecular weight is 329 g/mol. The van der Waals surface area contributed by atoms with Crippen LogP contribution in [0.1, 0.15) is 18.5 Å². The van der Waals surface area contributed by atoms with E-state index in [0.717, 1.165) is 22.5 Å². The molecule has 0 aliphatic heterocycles. The lowest BCUT2D eigenvalue weighted by atomic mass is 10.1. The van der Waals surface area contributed by atoms with Gasteiger partial charge in [0.1, 0.15) is 17.5 Å². The molecule has 0 fully saturated rings. The largest absolute Gasteiger partial charge is 0.249 e. The SMILES string of the molecule is CC(c1ccc(F)cc1)N(C)S(=O)(=O)c1c(F)cccc1F. The number of nitrogens with zero attached hydrogens (tertiary/aromatic N) is 1. The van der Waals surface area contributed by atoms with E-state index in [1.165, 1.54) is 31.3 Å². The van der Waals surface area contributed by atoms with E-state index in [2.05, 4.69) is 0 Å². The second-order valence-corrected chi connectivity index (χ2v) is 6.73. The maximum Gasteiger partial charge on any atom is 0.249 e. The third-order valence-electron chi connectivity index (χ3n) is 3.45. The van der Waals surface area contributed by atoms with Gasteiger partial charge in [-0.1, -0.05) is 18.2 Å². The highest BCUT2D eigenvalue weighted by atomic mass is 32.2. The molecular weight excluding hydrogens is 315 g/mol. The van der Waals surface area contributed by atoms with Gasteiger partial charge in [0, 0.05) is 13.1 Å². The predicted molar refractivity (Wildman–Crippen MR) is 76.1 cm³/mol. The van der Waals surface area contributed by atoms with Crippen molar-refractivity contribution in [2.24, 2.45) is 0 Å². The summed E-state index contributed by atoms with van der Waals surface area (Å²) in [7, 11) is -3.15. The zero-order valence-corrected chi connectivity index (χ0v) is 12.7. The predicted octanol–water partition coefficient (Wildman–Crippen LogP) is 3.49. The molecule has 0 saturated heterocycles. The van der Waals surface area contributed by atoms with Crippen molar-refractivity contribution in [1.82, 2.24) is 4.31 Å². The Morgan fingerprint density at radius 3 is 1.95 bits per heavy atom. The number of hydrogen-bond donors (Lipinski definition) is 0. The molecule has 0 amide bonds. The first-order valence-corrected chi connectivity index (χ1v) is 7.86. The van der Waals surface area contributed by atoms with Crippen LogP contribution in [0.5, 0.6) is 0 Å². The Balaban J connectivity index is 2.43. The summed E-state index contributed by atoms with van der Waals surface area (Å²) in [5, 5.41) is 0. The van der Waals surface area contributed by atoms with Crippen LogP contribution in [0.25, 0.3) is 0 Å². The van der Waals surface area contributed by atoms with Crippen LogP contribution in [0.15, 0.2) is 47.4 Å². The van der Waals surface area contributed by atoms with Gasteiger partial charge in [-0.25, -0.2) is 21.6 Å². The fourth-order valence-electron chi connectivity index (χ4n) is 2.03. The Bertz CT molecular complexity index is 756. The lowest BCUT2D eigenvalue weighted by Gasteiger charge is -2.25. The molecule has 2 aromatic carbocycles. The van der Waals surface area contributed by atoms with Crippen molar-refractivity contribution >= 4 is 10.0 Å². The van der Waals surface area contributed by atoms with Crippen molar-refractivity contribution in [3.63, 3.8) is 0 Å².